The van der Waals surface area contributed by atoms with Crippen LogP contribution in [0.25, 0.3) is 0 Å². The van der Waals surface area contributed by atoms with Crippen molar-refractivity contribution in [3.05, 3.63) is 35.4 Å². The molecule has 0 radical (unpaired) electrons. The van der Waals surface area contributed by atoms with Crippen molar-refractivity contribution in [2.24, 2.45) is 10.4 Å². The highest BCUT2D eigenvalue weighted by Gasteiger charge is 2.27. The molecule has 0 unspecified atom stereocenters. The smallest absolute Gasteiger partial charge is 0.234 e. The number of aliphatic hydroxyl groups excluding tert-OH is 3. The Labute approximate surface area is 119 Å². The molecule has 0 bridgehead atoms. The molecule has 20 heavy (non-hydrogen) atoms. The van der Waals surface area contributed by atoms with Crippen LogP contribution in [0, 0.1) is 19.3 Å². The molecule has 0 saturated carbocycles. The summed E-state index contributed by atoms with van der Waals surface area (Å²) in [5, 5.41) is 26.4. The number of aryl methyl sites for hydroxylation is 2. The highest BCUT2D eigenvalue weighted by molar-refractivity contribution is 5.32. The zero-order chi connectivity index (χ0) is 15.4. The maximum absolute atomic E-state index is 9.68. The first-order valence-electron chi connectivity index (χ1n) is 6.43. The number of aliphatic imine (C=N–C) groups is 1. The van der Waals surface area contributed by atoms with Crippen LogP contribution in [0.1, 0.15) is 17.5 Å². The Balaban J connectivity index is 0.000000388. The van der Waals surface area contributed by atoms with E-state index in [0.717, 1.165) is 0 Å². The van der Waals surface area contributed by atoms with Crippen LogP contribution in [0.2, 0.25) is 0 Å². The van der Waals surface area contributed by atoms with E-state index in [2.05, 4.69) is 43.1 Å². The van der Waals surface area contributed by atoms with E-state index in [1.807, 2.05) is 0 Å². The topological polar surface area (TPSA) is 90.1 Å². The van der Waals surface area contributed by atoms with Crippen molar-refractivity contribution in [3.63, 3.8) is 0 Å². The molecule has 0 atom stereocenters. The van der Waals surface area contributed by atoms with Gasteiger partial charge in [-0.3, -0.25) is 0 Å². The van der Waals surface area contributed by atoms with Crippen LogP contribution in [-0.2, 0) is 4.79 Å². The zero-order valence-electron chi connectivity index (χ0n) is 12.0. The Morgan fingerprint density at radius 1 is 1.05 bits per heavy atom. The normalized spacial score (nSPS) is 10.2. The summed E-state index contributed by atoms with van der Waals surface area (Å²) >= 11 is 0. The Morgan fingerprint density at radius 3 is 1.80 bits per heavy atom. The summed E-state index contributed by atoms with van der Waals surface area (Å²) in [5.41, 5.74) is 1.81. The molecule has 0 aliphatic carbocycles. The maximum Gasteiger partial charge on any atom is 0.234 e. The Kier molecular flexibility index (Phi) is 9.51. The summed E-state index contributed by atoms with van der Waals surface area (Å²) in [6.07, 6.45) is 1.61. The molecule has 1 aromatic rings. The minimum Gasteiger partial charge on any atom is -0.396 e. The fourth-order valence-corrected chi connectivity index (χ4v) is 1.39. The molecule has 5 nitrogen and oxygen atoms in total. The van der Waals surface area contributed by atoms with Crippen LogP contribution in [0.5, 0.6) is 0 Å². The second-order valence-electron chi connectivity index (χ2n) is 4.78. The third-order valence-electron chi connectivity index (χ3n) is 3.25. The summed E-state index contributed by atoms with van der Waals surface area (Å²) in [4.78, 5) is 12.9. The van der Waals surface area contributed by atoms with Crippen LogP contribution < -0.4 is 0 Å². The average molecular weight is 281 g/mol. The molecule has 0 aliphatic rings. The molecule has 112 valence electrons. The number of rotatable bonds is 6. The minimum atomic E-state index is -0.930. The molecule has 0 amide bonds. The van der Waals surface area contributed by atoms with Gasteiger partial charge in [0.1, 0.15) is 0 Å². The van der Waals surface area contributed by atoms with Crippen molar-refractivity contribution in [2.75, 3.05) is 26.4 Å². The monoisotopic (exact) mass is 281 g/mol. The highest BCUT2D eigenvalue weighted by Crippen LogP contribution is 2.19. The Morgan fingerprint density at radius 2 is 1.50 bits per heavy atom. The lowest BCUT2D eigenvalue weighted by molar-refractivity contribution is 0.00137. The Hall–Kier alpha value is -1.52. The number of hydrogen-bond acceptors (Lipinski definition) is 5. The van der Waals surface area contributed by atoms with Gasteiger partial charge in [-0.05, 0) is 31.4 Å². The lowest BCUT2D eigenvalue weighted by atomic mass is 9.87. The van der Waals surface area contributed by atoms with E-state index in [9.17, 15) is 4.79 Å². The van der Waals surface area contributed by atoms with Gasteiger partial charge in [-0.2, -0.15) is 0 Å². The summed E-state index contributed by atoms with van der Waals surface area (Å²) in [7, 11) is 0. The van der Waals surface area contributed by atoms with Crippen LogP contribution in [0.4, 0.5) is 0 Å². The average Bonchev–Trinajstić information content (AvgIpc) is 2.48. The first-order chi connectivity index (χ1) is 9.55. The number of benzene rings is 1. The van der Waals surface area contributed by atoms with E-state index in [1.165, 1.54) is 17.2 Å². The van der Waals surface area contributed by atoms with Gasteiger partial charge in [0.15, 0.2) is 0 Å². The van der Waals surface area contributed by atoms with Gasteiger partial charge in [0.25, 0.3) is 0 Å². The molecular formula is C15H23NO4. The van der Waals surface area contributed by atoms with E-state index >= 15 is 0 Å². The third-order valence-corrected chi connectivity index (χ3v) is 3.25. The van der Waals surface area contributed by atoms with Gasteiger partial charge in [0.05, 0.1) is 26.4 Å². The van der Waals surface area contributed by atoms with E-state index in [0.29, 0.717) is 0 Å². The van der Waals surface area contributed by atoms with Crippen LogP contribution >= 0.6 is 0 Å². The lowest BCUT2D eigenvalue weighted by Gasteiger charge is -2.25. The van der Waals surface area contributed by atoms with Gasteiger partial charge in [-0.25, -0.2) is 9.79 Å². The maximum atomic E-state index is 9.68. The molecule has 3 N–H and O–H groups in total. The zero-order valence-corrected chi connectivity index (χ0v) is 12.0. The number of isocyanates is 1. The van der Waals surface area contributed by atoms with E-state index in [1.54, 1.807) is 0 Å². The van der Waals surface area contributed by atoms with Crippen molar-refractivity contribution in [3.8, 4) is 0 Å². The first-order valence-corrected chi connectivity index (χ1v) is 6.43. The van der Waals surface area contributed by atoms with Gasteiger partial charge < -0.3 is 15.3 Å². The van der Waals surface area contributed by atoms with E-state index in [-0.39, 0.29) is 32.8 Å². The summed E-state index contributed by atoms with van der Waals surface area (Å²) in [5.74, 6) is 0. The van der Waals surface area contributed by atoms with E-state index in [4.69, 9.17) is 15.3 Å². The van der Waals surface area contributed by atoms with Gasteiger partial charge in [-0.15, -0.1) is 0 Å². The first kappa shape index (κ1) is 18.5. The highest BCUT2D eigenvalue weighted by atomic mass is 16.3. The molecule has 1 aromatic carbocycles. The van der Waals surface area contributed by atoms with Crippen molar-refractivity contribution in [1.29, 1.82) is 0 Å². The summed E-state index contributed by atoms with van der Waals surface area (Å²) in [6.45, 7) is 3.42. The molecule has 1 rings (SSSR count). The van der Waals surface area contributed by atoms with E-state index < -0.39 is 5.41 Å². The number of aliphatic hydroxyl groups is 3. The fourth-order valence-electron chi connectivity index (χ4n) is 1.39. The van der Waals surface area contributed by atoms with Gasteiger partial charge >= 0.3 is 0 Å². The number of nitrogens with zero attached hydrogens (tertiary/aromatic N) is 1. The third kappa shape index (κ3) is 6.59. The molecule has 0 heterocycles. The van der Waals surface area contributed by atoms with Crippen molar-refractivity contribution in [1.82, 2.24) is 0 Å². The van der Waals surface area contributed by atoms with Crippen molar-refractivity contribution >= 4 is 6.08 Å². The standard InChI is InChI=1S/C8H10.C7H13NO4/c1-7-5-3-4-6-8(7)2;9-3-7(4-10,5-11)1-2-8-6-12/h3-6H,1-2H3;9-11H,1-5H2. The molecule has 5 heteroatoms. The van der Waals surface area contributed by atoms with Crippen molar-refractivity contribution < 1.29 is 20.1 Å². The van der Waals surface area contributed by atoms with Crippen LogP contribution in [0.3, 0.4) is 0 Å². The molecule has 0 spiro atoms. The molecule has 0 saturated heterocycles. The predicted octanol–water partition coefficient (Wildman–Crippen LogP) is 0.979. The van der Waals surface area contributed by atoms with Gasteiger partial charge in [0.2, 0.25) is 6.08 Å². The molecule has 0 fully saturated rings. The fraction of sp³-hybridized carbons (Fsp3) is 0.533. The molecule has 0 aromatic heterocycles. The van der Waals surface area contributed by atoms with Gasteiger partial charge in [0, 0.05) is 5.41 Å². The minimum absolute atomic E-state index is 0.158. The lowest BCUT2D eigenvalue weighted by Crippen LogP contribution is -2.34. The second kappa shape index (κ2) is 10.3. The quantitative estimate of drug-likeness (QED) is 0.535. The van der Waals surface area contributed by atoms with Gasteiger partial charge in [-0.1, -0.05) is 24.3 Å². The SMILES string of the molecule is Cc1ccccc1C.O=C=NCCC(CO)(CO)CO. The predicted molar refractivity (Wildman–Crippen MR) is 77.2 cm³/mol. The number of carbonyl (C=O) groups excluding carboxylic acids is 1. The molecule has 0 aliphatic heterocycles. The van der Waals surface area contributed by atoms with Crippen molar-refractivity contribution in [2.45, 2.75) is 20.3 Å². The summed E-state index contributed by atoms with van der Waals surface area (Å²) < 4.78 is 0. The largest absolute Gasteiger partial charge is 0.396 e. The second-order valence-corrected chi connectivity index (χ2v) is 4.78. The molecular weight excluding hydrogens is 258 g/mol. The van der Waals surface area contributed by atoms with Crippen LogP contribution in [-0.4, -0.2) is 47.8 Å². The summed E-state index contributed by atoms with van der Waals surface area (Å²) in [6, 6.07) is 8.36. The number of hydrogen-bond donors (Lipinski definition) is 3. The van der Waals surface area contributed by atoms with Crippen LogP contribution in [0.15, 0.2) is 29.3 Å². The Bertz CT molecular complexity index is 394.